The van der Waals surface area contributed by atoms with E-state index in [0.717, 1.165) is 11.4 Å². The van der Waals surface area contributed by atoms with E-state index < -0.39 is 0 Å². The lowest BCUT2D eigenvalue weighted by Gasteiger charge is -2.19. The Morgan fingerprint density at radius 1 is 1.47 bits per heavy atom. The quantitative estimate of drug-likeness (QED) is 0.823. The number of amides is 1. The summed E-state index contributed by atoms with van der Waals surface area (Å²) in [4.78, 5) is 14.0. The molecule has 0 saturated carbocycles. The van der Waals surface area contributed by atoms with Crippen LogP contribution < -0.4 is 10.6 Å². The predicted molar refractivity (Wildman–Crippen MR) is 62.8 cm³/mol. The number of carbonyl (C=O) groups is 1. The molecule has 78 valence electrons. The fourth-order valence-corrected chi connectivity index (χ4v) is 2.38. The zero-order chi connectivity index (χ0) is 10.7. The van der Waals surface area contributed by atoms with Crippen LogP contribution in [0.4, 0.5) is 5.69 Å². The Morgan fingerprint density at radius 3 is 3.07 bits per heavy atom. The summed E-state index contributed by atoms with van der Waals surface area (Å²) in [6.07, 6.45) is 3.96. The van der Waals surface area contributed by atoms with Crippen LogP contribution in [0.1, 0.15) is 0 Å². The average molecular weight is 220 g/mol. The molecule has 0 aromatic heterocycles. The van der Waals surface area contributed by atoms with Crippen molar-refractivity contribution in [2.45, 2.75) is 4.90 Å². The number of hydrogen-bond acceptors (Lipinski definition) is 3. The van der Waals surface area contributed by atoms with Gasteiger partial charge in [-0.05, 0) is 12.1 Å². The summed E-state index contributed by atoms with van der Waals surface area (Å²) in [5.41, 5.74) is 6.26. The summed E-state index contributed by atoms with van der Waals surface area (Å²) >= 11 is 1.76. The third-order valence-corrected chi connectivity index (χ3v) is 3.14. The van der Waals surface area contributed by atoms with Crippen molar-refractivity contribution in [1.82, 2.24) is 0 Å². The van der Waals surface area contributed by atoms with Crippen molar-refractivity contribution < 1.29 is 4.79 Å². The third-order valence-electron chi connectivity index (χ3n) is 2.12. The zero-order valence-electron chi connectivity index (χ0n) is 8.22. The van der Waals surface area contributed by atoms with Gasteiger partial charge in [-0.25, -0.2) is 0 Å². The van der Waals surface area contributed by atoms with E-state index >= 15 is 0 Å². The number of benzene rings is 1. The Morgan fingerprint density at radius 2 is 2.27 bits per heavy atom. The number of rotatable bonds is 2. The lowest BCUT2D eigenvalue weighted by molar-refractivity contribution is -0.116. The second-order valence-electron chi connectivity index (χ2n) is 3.26. The SMILES string of the molecule is NC(=O)CN1C=CCSc2ccccc21. The maximum atomic E-state index is 10.9. The van der Waals surface area contributed by atoms with Crippen molar-refractivity contribution in [3.63, 3.8) is 0 Å². The summed E-state index contributed by atoms with van der Waals surface area (Å²) < 4.78 is 0. The highest BCUT2D eigenvalue weighted by atomic mass is 32.2. The summed E-state index contributed by atoms with van der Waals surface area (Å²) in [7, 11) is 0. The van der Waals surface area contributed by atoms with E-state index in [9.17, 15) is 4.79 Å². The molecule has 0 fully saturated rings. The number of para-hydroxylation sites is 1. The van der Waals surface area contributed by atoms with Crippen LogP contribution in [-0.2, 0) is 4.79 Å². The zero-order valence-corrected chi connectivity index (χ0v) is 9.04. The Hall–Kier alpha value is -1.42. The van der Waals surface area contributed by atoms with E-state index in [1.165, 1.54) is 4.90 Å². The van der Waals surface area contributed by atoms with Gasteiger partial charge in [0.2, 0.25) is 5.91 Å². The van der Waals surface area contributed by atoms with Gasteiger partial charge in [-0.1, -0.05) is 18.2 Å². The second kappa shape index (κ2) is 4.40. The van der Waals surface area contributed by atoms with Crippen LogP contribution in [-0.4, -0.2) is 18.2 Å². The highest BCUT2D eigenvalue weighted by Gasteiger charge is 2.12. The van der Waals surface area contributed by atoms with Gasteiger partial charge in [-0.2, -0.15) is 0 Å². The Kier molecular flexibility index (Phi) is 2.97. The molecule has 0 radical (unpaired) electrons. The van der Waals surface area contributed by atoms with Crippen LogP contribution in [0.15, 0.2) is 41.4 Å². The molecular weight excluding hydrogens is 208 g/mol. The van der Waals surface area contributed by atoms with Gasteiger partial charge in [0.15, 0.2) is 0 Å². The van der Waals surface area contributed by atoms with Crippen molar-refractivity contribution in [1.29, 1.82) is 0 Å². The molecule has 1 heterocycles. The van der Waals surface area contributed by atoms with E-state index in [-0.39, 0.29) is 12.5 Å². The second-order valence-corrected chi connectivity index (χ2v) is 4.32. The number of anilines is 1. The molecule has 4 heteroatoms. The molecule has 0 spiro atoms. The van der Waals surface area contributed by atoms with Crippen molar-refractivity contribution in [3.8, 4) is 0 Å². The molecule has 2 rings (SSSR count). The van der Waals surface area contributed by atoms with Gasteiger partial charge >= 0.3 is 0 Å². The highest BCUT2D eigenvalue weighted by molar-refractivity contribution is 7.99. The molecular formula is C11H12N2OS. The van der Waals surface area contributed by atoms with E-state index in [0.29, 0.717) is 0 Å². The van der Waals surface area contributed by atoms with Crippen LogP contribution in [0.3, 0.4) is 0 Å². The van der Waals surface area contributed by atoms with E-state index in [4.69, 9.17) is 5.73 Å². The van der Waals surface area contributed by atoms with Crippen LogP contribution in [0.2, 0.25) is 0 Å². The molecule has 2 N–H and O–H groups in total. The molecule has 0 atom stereocenters. The maximum Gasteiger partial charge on any atom is 0.237 e. The summed E-state index contributed by atoms with van der Waals surface area (Å²) in [6.45, 7) is 0.230. The first-order valence-electron chi connectivity index (χ1n) is 4.71. The summed E-state index contributed by atoms with van der Waals surface area (Å²) in [6, 6.07) is 8.02. The highest BCUT2D eigenvalue weighted by Crippen LogP contribution is 2.32. The molecule has 1 aromatic carbocycles. The molecule has 0 saturated heterocycles. The number of carbonyl (C=O) groups excluding carboxylic acids is 1. The molecule has 1 aliphatic rings. The van der Waals surface area contributed by atoms with E-state index in [1.807, 2.05) is 35.4 Å². The lowest BCUT2D eigenvalue weighted by atomic mass is 10.3. The lowest BCUT2D eigenvalue weighted by Crippen LogP contribution is -2.29. The number of nitrogens with two attached hydrogens (primary N) is 1. The fraction of sp³-hybridized carbons (Fsp3) is 0.182. The smallest absolute Gasteiger partial charge is 0.237 e. The monoisotopic (exact) mass is 220 g/mol. The summed E-state index contributed by atoms with van der Waals surface area (Å²) in [5, 5.41) is 0. The first kappa shape index (κ1) is 10.1. The van der Waals surface area contributed by atoms with E-state index in [1.54, 1.807) is 11.8 Å². The van der Waals surface area contributed by atoms with Crippen LogP contribution >= 0.6 is 11.8 Å². The Bertz CT molecular complexity index is 403. The normalized spacial score (nSPS) is 14.5. The minimum Gasteiger partial charge on any atom is -0.368 e. The molecule has 3 nitrogen and oxygen atoms in total. The van der Waals surface area contributed by atoms with Crippen molar-refractivity contribution >= 4 is 23.4 Å². The molecule has 1 amide bonds. The molecule has 0 unspecified atom stereocenters. The Labute approximate surface area is 92.9 Å². The van der Waals surface area contributed by atoms with E-state index in [2.05, 4.69) is 6.07 Å². The number of hydrogen-bond donors (Lipinski definition) is 1. The van der Waals surface area contributed by atoms with Gasteiger partial charge in [0.1, 0.15) is 6.54 Å². The number of primary amides is 1. The van der Waals surface area contributed by atoms with Crippen molar-refractivity contribution in [2.24, 2.45) is 5.73 Å². The first-order chi connectivity index (χ1) is 7.27. The van der Waals surface area contributed by atoms with Crippen LogP contribution in [0.5, 0.6) is 0 Å². The van der Waals surface area contributed by atoms with Gasteiger partial charge < -0.3 is 10.6 Å². The molecule has 0 bridgehead atoms. The summed E-state index contributed by atoms with van der Waals surface area (Å²) in [5.74, 6) is 0.605. The van der Waals surface area contributed by atoms with Crippen molar-refractivity contribution in [2.75, 3.05) is 17.2 Å². The standard InChI is InChI=1S/C11H12N2OS/c12-11(14)8-13-6-3-7-15-10-5-2-1-4-9(10)13/h1-6H,7-8H2,(H2,12,14). The van der Waals surface area contributed by atoms with Crippen molar-refractivity contribution in [3.05, 3.63) is 36.5 Å². The number of thioether (sulfide) groups is 1. The van der Waals surface area contributed by atoms with Crippen LogP contribution in [0.25, 0.3) is 0 Å². The fourth-order valence-electron chi connectivity index (χ4n) is 1.51. The minimum absolute atomic E-state index is 0.230. The molecule has 0 aliphatic carbocycles. The first-order valence-corrected chi connectivity index (χ1v) is 5.69. The van der Waals surface area contributed by atoms with Gasteiger partial charge in [0.25, 0.3) is 0 Å². The largest absolute Gasteiger partial charge is 0.368 e. The minimum atomic E-state index is -0.318. The topological polar surface area (TPSA) is 46.3 Å². The number of nitrogens with zero attached hydrogens (tertiary/aromatic N) is 1. The van der Waals surface area contributed by atoms with Gasteiger partial charge in [0, 0.05) is 16.8 Å². The molecule has 1 aliphatic heterocycles. The van der Waals surface area contributed by atoms with Gasteiger partial charge in [-0.3, -0.25) is 4.79 Å². The number of fused-ring (bicyclic) bond motifs is 1. The predicted octanol–water partition coefficient (Wildman–Crippen LogP) is 1.60. The molecule has 15 heavy (non-hydrogen) atoms. The third kappa shape index (κ3) is 2.33. The Balaban J connectivity index is 2.34. The van der Waals surface area contributed by atoms with Gasteiger partial charge in [0.05, 0.1) is 5.69 Å². The van der Waals surface area contributed by atoms with Crippen LogP contribution in [0, 0.1) is 0 Å². The average Bonchev–Trinajstić information content (AvgIpc) is 2.41. The maximum absolute atomic E-state index is 10.9. The van der Waals surface area contributed by atoms with Gasteiger partial charge in [-0.15, -0.1) is 11.8 Å². The molecule has 1 aromatic rings.